The highest BCUT2D eigenvalue weighted by Crippen LogP contribution is 2.36. The highest BCUT2D eigenvalue weighted by Gasteiger charge is 2.33. The van der Waals surface area contributed by atoms with E-state index in [0.29, 0.717) is 16.4 Å². The minimum absolute atomic E-state index is 0.151. The van der Waals surface area contributed by atoms with Crippen molar-refractivity contribution in [2.24, 2.45) is 0 Å². The van der Waals surface area contributed by atoms with Gasteiger partial charge in [-0.05, 0) is 41.3 Å². The van der Waals surface area contributed by atoms with Crippen LogP contribution in [-0.2, 0) is 12.7 Å². The summed E-state index contributed by atoms with van der Waals surface area (Å²) < 4.78 is 44.2. The number of alkyl halides is 3. The Balaban J connectivity index is 1.41. The van der Waals surface area contributed by atoms with E-state index in [-0.39, 0.29) is 12.1 Å². The van der Waals surface area contributed by atoms with E-state index >= 15 is 0 Å². The molecular formula is C20H14ClF3N4O2S. The number of ether oxygens (including phenoxy) is 1. The van der Waals surface area contributed by atoms with Crippen molar-refractivity contribution in [1.82, 2.24) is 15.3 Å². The number of benzene rings is 1. The third-order valence-corrected chi connectivity index (χ3v) is 5.44. The van der Waals surface area contributed by atoms with Gasteiger partial charge in [-0.15, -0.1) is 11.3 Å². The number of rotatable bonds is 5. The van der Waals surface area contributed by atoms with Crippen LogP contribution >= 0.6 is 22.9 Å². The lowest BCUT2D eigenvalue weighted by atomic mass is 10.1. The molecule has 3 aromatic heterocycles. The summed E-state index contributed by atoms with van der Waals surface area (Å²) in [6, 6.07) is 8.85. The molecule has 0 aliphatic heterocycles. The quantitative estimate of drug-likeness (QED) is 0.321. The van der Waals surface area contributed by atoms with E-state index in [0.717, 1.165) is 23.2 Å². The maximum absolute atomic E-state index is 13.0. The van der Waals surface area contributed by atoms with Crippen LogP contribution in [0.25, 0.3) is 11.0 Å². The van der Waals surface area contributed by atoms with Gasteiger partial charge in [-0.25, -0.2) is 9.78 Å². The SMILES string of the molecule is O=C(NCc1ccc(Cl)c(C(F)(F)F)c1)Oc1sccc1Nc1ccnc2[nH]ccc12. The van der Waals surface area contributed by atoms with Crippen LogP contribution in [0.4, 0.5) is 29.3 Å². The first-order chi connectivity index (χ1) is 14.8. The largest absolute Gasteiger partial charge is 0.417 e. The van der Waals surface area contributed by atoms with Gasteiger partial charge in [-0.2, -0.15) is 13.2 Å². The molecule has 0 radical (unpaired) electrons. The van der Waals surface area contributed by atoms with Gasteiger partial charge < -0.3 is 20.4 Å². The van der Waals surface area contributed by atoms with Gasteiger partial charge >= 0.3 is 12.3 Å². The molecule has 0 aliphatic rings. The topological polar surface area (TPSA) is 79.0 Å². The Morgan fingerprint density at radius 2 is 2.03 bits per heavy atom. The summed E-state index contributed by atoms with van der Waals surface area (Å²) in [6.07, 6.45) is -1.97. The Morgan fingerprint density at radius 1 is 1.19 bits per heavy atom. The van der Waals surface area contributed by atoms with Crippen molar-refractivity contribution in [2.75, 3.05) is 5.32 Å². The molecule has 6 nitrogen and oxygen atoms in total. The highest BCUT2D eigenvalue weighted by atomic mass is 35.5. The molecular weight excluding hydrogens is 453 g/mol. The minimum atomic E-state index is -4.58. The number of aromatic amines is 1. The number of carbonyl (C=O) groups excluding carboxylic acids is 1. The Labute approximate surface area is 183 Å². The molecule has 31 heavy (non-hydrogen) atoms. The summed E-state index contributed by atoms with van der Waals surface area (Å²) in [5, 5.41) is 8.16. The molecule has 0 spiro atoms. The molecule has 0 saturated carbocycles. The number of nitrogens with zero attached hydrogens (tertiary/aromatic N) is 1. The molecule has 3 N–H and O–H groups in total. The average Bonchev–Trinajstić information content (AvgIpc) is 3.36. The maximum atomic E-state index is 13.0. The molecule has 0 fully saturated rings. The second-order valence-electron chi connectivity index (χ2n) is 6.40. The Kier molecular flexibility index (Phi) is 5.75. The summed E-state index contributed by atoms with van der Waals surface area (Å²) in [5.74, 6) is 0. The Morgan fingerprint density at radius 3 is 2.84 bits per heavy atom. The molecule has 0 aliphatic carbocycles. The lowest BCUT2D eigenvalue weighted by Crippen LogP contribution is -2.26. The highest BCUT2D eigenvalue weighted by molar-refractivity contribution is 7.12. The van der Waals surface area contributed by atoms with Crippen molar-refractivity contribution < 1.29 is 22.7 Å². The predicted octanol–water partition coefficient (Wildman–Crippen LogP) is 6.33. The molecule has 160 valence electrons. The summed E-state index contributed by atoms with van der Waals surface area (Å²) in [7, 11) is 0. The first-order valence-electron chi connectivity index (χ1n) is 8.89. The summed E-state index contributed by atoms with van der Waals surface area (Å²) in [6.45, 7) is -0.151. The number of carbonyl (C=O) groups is 1. The third kappa shape index (κ3) is 4.75. The number of aromatic nitrogens is 2. The molecule has 0 bridgehead atoms. The van der Waals surface area contributed by atoms with Crippen molar-refractivity contribution >= 4 is 51.4 Å². The number of nitrogens with one attached hydrogen (secondary N) is 3. The number of amides is 1. The van der Waals surface area contributed by atoms with Crippen LogP contribution in [0.2, 0.25) is 5.02 Å². The van der Waals surface area contributed by atoms with Gasteiger partial charge in [0.05, 0.1) is 22.0 Å². The predicted molar refractivity (Wildman–Crippen MR) is 113 cm³/mol. The molecule has 1 aromatic carbocycles. The lowest BCUT2D eigenvalue weighted by molar-refractivity contribution is -0.137. The second kappa shape index (κ2) is 8.48. The molecule has 1 amide bonds. The fraction of sp³-hybridized carbons (Fsp3) is 0.100. The Hall–Kier alpha value is -3.24. The fourth-order valence-corrected chi connectivity index (χ4v) is 3.80. The fourth-order valence-electron chi connectivity index (χ4n) is 2.88. The standard InChI is InChI=1S/C20H14ClF3N4O2S/c21-14-2-1-11(9-13(14)20(22,23)24)10-27-19(29)30-18-16(5-8-31-18)28-15-4-7-26-17-12(15)3-6-25-17/h1-9H,10H2,(H,27,29)(H2,25,26,28). The number of hydrogen-bond donors (Lipinski definition) is 3. The zero-order valence-corrected chi connectivity index (χ0v) is 17.2. The summed E-state index contributed by atoms with van der Waals surface area (Å²) >= 11 is 6.81. The first-order valence-corrected chi connectivity index (χ1v) is 10.1. The first kappa shape index (κ1) is 21.0. The van der Waals surface area contributed by atoms with E-state index in [2.05, 4.69) is 20.6 Å². The van der Waals surface area contributed by atoms with Gasteiger partial charge in [-0.1, -0.05) is 17.7 Å². The zero-order chi connectivity index (χ0) is 22.0. The van der Waals surface area contributed by atoms with Crippen LogP contribution in [0, 0.1) is 0 Å². The van der Waals surface area contributed by atoms with Crippen molar-refractivity contribution in [3.8, 4) is 5.06 Å². The monoisotopic (exact) mass is 466 g/mol. The maximum Gasteiger partial charge on any atom is 0.417 e. The molecule has 3 heterocycles. The number of hydrogen-bond acceptors (Lipinski definition) is 5. The summed E-state index contributed by atoms with van der Waals surface area (Å²) in [5.41, 5.74) is 1.34. The van der Waals surface area contributed by atoms with E-state index in [1.165, 1.54) is 17.4 Å². The summed E-state index contributed by atoms with van der Waals surface area (Å²) in [4.78, 5) is 19.4. The minimum Gasteiger partial charge on any atom is -0.397 e. The van der Waals surface area contributed by atoms with Crippen molar-refractivity contribution in [3.05, 3.63) is 70.3 Å². The molecule has 0 saturated heterocycles. The van der Waals surface area contributed by atoms with Gasteiger partial charge in [-0.3, -0.25) is 0 Å². The normalized spacial score (nSPS) is 11.5. The van der Waals surface area contributed by atoms with Gasteiger partial charge in [0, 0.05) is 24.3 Å². The van der Waals surface area contributed by atoms with Crippen LogP contribution in [-0.4, -0.2) is 16.1 Å². The van der Waals surface area contributed by atoms with E-state index in [1.54, 1.807) is 29.9 Å². The number of pyridine rings is 1. The van der Waals surface area contributed by atoms with Crippen LogP contribution in [0.5, 0.6) is 5.06 Å². The molecule has 0 atom stereocenters. The second-order valence-corrected chi connectivity index (χ2v) is 7.69. The molecule has 11 heteroatoms. The number of H-pyrrole nitrogens is 1. The molecule has 0 unspecified atom stereocenters. The zero-order valence-electron chi connectivity index (χ0n) is 15.6. The van der Waals surface area contributed by atoms with Crippen molar-refractivity contribution in [2.45, 2.75) is 12.7 Å². The van der Waals surface area contributed by atoms with E-state index in [4.69, 9.17) is 16.3 Å². The molecule has 4 rings (SSSR count). The number of thiophene rings is 1. The number of fused-ring (bicyclic) bond motifs is 1. The van der Waals surface area contributed by atoms with Crippen molar-refractivity contribution in [1.29, 1.82) is 0 Å². The van der Waals surface area contributed by atoms with Gasteiger partial charge in [0.25, 0.3) is 0 Å². The van der Waals surface area contributed by atoms with Gasteiger partial charge in [0.15, 0.2) is 0 Å². The molecule has 4 aromatic rings. The lowest BCUT2D eigenvalue weighted by Gasteiger charge is -2.12. The van der Waals surface area contributed by atoms with Crippen LogP contribution in [0.15, 0.2) is 54.2 Å². The average molecular weight is 467 g/mol. The van der Waals surface area contributed by atoms with E-state index in [1.807, 2.05) is 6.07 Å². The Bertz CT molecular complexity index is 1240. The smallest absolute Gasteiger partial charge is 0.397 e. The number of anilines is 2. The third-order valence-electron chi connectivity index (χ3n) is 4.32. The van der Waals surface area contributed by atoms with E-state index < -0.39 is 22.9 Å². The van der Waals surface area contributed by atoms with E-state index in [9.17, 15) is 18.0 Å². The van der Waals surface area contributed by atoms with Crippen LogP contribution in [0.3, 0.4) is 0 Å². The number of halogens is 4. The van der Waals surface area contributed by atoms with Gasteiger partial charge in [0.2, 0.25) is 5.06 Å². The van der Waals surface area contributed by atoms with Crippen LogP contribution in [0.1, 0.15) is 11.1 Å². The van der Waals surface area contributed by atoms with Crippen LogP contribution < -0.4 is 15.4 Å². The van der Waals surface area contributed by atoms with Gasteiger partial charge in [0.1, 0.15) is 5.65 Å². The van der Waals surface area contributed by atoms with Crippen molar-refractivity contribution in [3.63, 3.8) is 0 Å².